The second kappa shape index (κ2) is 8.97. The fourth-order valence-electron chi connectivity index (χ4n) is 1.84. The smallest absolute Gasteiger partial charge is 0.309 e. The average molecular weight is 294 g/mol. The van der Waals surface area contributed by atoms with E-state index in [2.05, 4.69) is 10.6 Å². The number of para-hydroxylation sites is 1. The van der Waals surface area contributed by atoms with E-state index < -0.39 is 11.8 Å². The van der Waals surface area contributed by atoms with Crippen LogP contribution in [0.3, 0.4) is 0 Å². The molecule has 1 unspecified atom stereocenters. The predicted molar refractivity (Wildman–Crippen MR) is 79.1 cm³/mol. The number of carbonyl (C=O) groups excluding carboxylic acids is 2. The van der Waals surface area contributed by atoms with Crippen molar-refractivity contribution in [3.8, 4) is 5.75 Å². The molecule has 116 valence electrons. The minimum atomic E-state index is -0.666. The van der Waals surface area contributed by atoms with Crippen LogP contribution in [-0.4, -0.2) is 39.1 Å². The number of hydrogen-bond donors (Lipinski definition) is 2. The molecule has 1 atom stereocenters. The van der Waals surface area contributed by atoms with E-state index in [0.717, 1.165) is 12.0 Å². The van der Waals surface area contributed by atoms with E-state index in [9.17, 15) is 9.59 Å². The predicted octanol–water partition coefficient (Wildman–Crippen LogP) is 1.03. The average Bonchev–Trinajstić information content (AvgIpc) is 2.53. The van der Waals surface area contributed by atoms with Gasteiger partial charge in [-0.3, -0.25) is 9.59 Å². The number of ether oxygens (including phenoxy) is 2. The molecular weight excluding hydrogens is 272 g/mol. The Morgan fingerprint density at radius 1 is 1.14 bits per heavy atom. The van der Waals surface area contributed by atoms with Gasteiger partial charge in [0.2, 0.25) is 0 Å². The van der Waals surface area contributed by atoms with Gasteiger partial charge >= 0.3 is 11.8 Å². The Morgan fingerprint density at radius 3 is 2.43 bits per heavy atom. The van der Waals surface area contributed by atoms with Crippen LogP contribution in [0, 0.1) is 0 Å². The molecule has 21 heavy (non-hydrogen) atoms. The zero-order valence-corrected chi connectivity index (χ0v) is 12.6. The number of hydrogen-bond acceptors (Lipinski definition) is 4. The van der Waals surface area contributed by atoms with E-state index >= 15 is 0 Å². The highest BCUT2D eigenvalue weighted by Crippen LogP contribution is 2.26. The first-order chi connectivity index (χ1) is 10.1. The van der Waals surface area contributed by atoms with Crippen molar-refractivity contribution in [2.45, 2.75) is 19.4 Å². The molecule has 0 heterocycles. The van der Waals surface area contributed by atoms with Crippen LogP contribution in [0.1, 0.15) is 25.0 Å². The molecule has 6 nitrogen and oxygen atoms in total. The lowest BCUT2D eigenvalue weighted by molar-refractivity contribution is -0.139. The lowest BCUT2D eigenvalue weighted by Gasteiger charge is -2.18. The molecule has 0 saturated carbocycles. The van der Waals surface area contributed by atoms with E-state index in [0.29, 0.717) is 12.3 Å². The molecule has 1 aromatic rings. The summed E-state index contributed by atoms with van der Waals surface area (Å²) in [5, 5.41) is 5.08. The molecule has 0 saturated heterocycles. The van der Waals surface area contributed by atoms with Gasteiger partial charge in [-0.2, -0.15) is 0 Å². The minimum absolute atomic E-state index is 0.190. The number of carbonyl (C=O) groups is 2. The summed E-state index contributed by atoms with van der Waals surface area (Å²) in [7, 11) is 3.11. The van der Waals surface area contributed by atoms with Gasteiger partial charge in [0.05, 0.1) is 7.11 Å². The van der Waals surface area contributed by atoms with Crippen LogP contribution < -0.4 is 15.4 Å². The summed E-state index contributed by atoms with van der Waals surface area (Å²) >= 11 is 0. The summed E-state index contributed by atoms with van der Waals surface area (Å²) in [6, 6.07) is 7.39. The van der Waals surface area contributed by atoms with Gasteiger partial charge in [0.25, 0.3) is 0 Å². The maximum atomic E-state index is 11.6. The third-order valence-corrected chi connectivity index (χ3v) is 2.96. The van der Waals surface area contributed by atoms with Crippen molar-refractivity contribution in [1.29, 1.82) is 0 Å². The van der Waals surface area contributed by atoms with E-state index in [1.54, 1.807) is 14.2 Å². The Balaban J connectivity index is 2.62. The maximum Gasteiger partial charge on any atom is 0.309 e. The summed E-state index contributed by atoms with van der Waals surface area (Å²) in [5.74, 6) is -0.624. The van der Waals surface area contributed by atoms with Gasteiger partial charge in [-0.25, -0.2) is 0 Å². The van der Waals surface area contributed by atoms with Crippen molar-refractivity contribution < 1.29 is 19.1 Å². The Bertz CT molecular complexity index is 476. The lowest BCUT2D eigenvalue weighted by Crippen LogP contribution is -2.41. The summed E-state index contributed by atoms with van der Waals surface area (Å²) < 4.78 is 10.6. The summed E-state index contributed by atoms with van der Waals surface area (Å²) in [6.45, 7) is 2.59. The Kier molecular flexibility index (Phi) is 7.25. The topological polar surface area (TPSA) is 76.7 Å². The van der Waals surface area contributed by atoms with Gasteiger partial charge in [-0.1, -0.05) is 25.1 Å². The summed E-state index contributed by atoms with van der Waals surface area (Å²) in [6.07, 6.45) is 0.394. The molecule has 0 aliphatic carbocycles. The second-order valence-corrected chi connectivity index (χ2v) is 4.43. The van der Waals surface area contributed by atoms with E-state index in [-0.39, 0.29) is 12.6 Å². The van der Waals surface area contributed by atoms with Crippen molar-refractivity contribution in [3.05, 3.63) is 29.8 Å². The van der Waals surface area contributed by atoms with E-state index in [1.165, 1.54) is 0 Å². The quantitative estimate of drug-likeness (QED) is 0.736. The highest BCUT2D eigenvalue weighted by Gasteiger charge is 2.18. The normalized spacial score (nSPS) is 11.6. The van der Waals surface area contributed by atoms with Crippen molar-refractivity contribution in [3.63, 3.8) is 0 Å². The van der Waals surface area contributed by atoms with Gasteiger partial charge in [0.15, 0.2) is 0 Å². The van der Waals surface area contributed by atoms with Crippen LogP contribution in [0.2, 0.25) is 0 Å². The molecule has 6 heteroatoms. The SMILES string of the molecule is CCCNC(=O)C(=O)NCC(OC)c1ccccc1OC. The second-order valence-electron chi connectivity index (χ2n) is 4.43. The first-order valence-corrected chi connectivity index (χ1v) is 6.85. The Morgan fingerprint density at radius 2 is 1.81 bits per heavy atom. The van der Waals surface area contributed by atoms with Gasteiger partial charge in [-0.05, 0) is 12.5 Å². The molecule has 0 fully saturated rings. The van der Waals surface area contributed by atoms with Gasteiger partial charge in [-0.15, -0.1) is 0 Å². The first kappa shape index (κ1) is 17.0. The maximum absolute atomic E-state index is 11.6. The van der Waals surface area contributed by atoms with E-state index in [4.69, 9.17) is 9.47 Å². The number of amides is 2. The minimum Gasteiger partial charge on any atom is -0.496 e. The third-order valence-electron chi connectivity index (χ3n) is 2.96. The van der Waals surface area contributed by atoms with Crippen LogP contribution in [0.25, 0.3) is 0 Å². The largest absolute Gasteiger partial charge is 0.496 e. The molecule has 0 aliphatic rings. The molecule has 1 rings (SSSR count). The summed E-state index contributed by atoms with van der Waals surface area (Å²) in [5.41, 5.74) is 0.816. The first-order valence-electron chi connectivity index (χ1n) is 6.85. The molecule has 0 spiro atoms. The molecule has 2 amide bonds. The van der Waals surface area contributed by atoms with Crippen LogP contribution in [0.5, 0.6) is 5.75 Å². The highest BCUT2D eigenvalue weighted by atomic mass is 16.5. The van der Waals surface area contributed by atoms with Crippen LogP contribution in [0.15, 0.2) is 24.3 Å². The zero-order chi connectivity index (χ0) is 15.7. The van der Waals surface area contributed by atoms with Crippen LogP contribution in [0.4, 0.5) is 0 Å². The molecular formula is C15H22N2O4. The van der Waals surface area contributed by atoms with E-state index in [1.807, 2.05) is 31.2 Å². The van der Waals surface area contributed by atoms with Gasteiger partial charge < -0.3 is 20.1 Å². The fraction of sp³-hybridized carbons (Fsp3) is 0.467. The molecule has 0 aromatic heterocycles. The van der Waals surface area contributed by atoms with Crippen molar-refractivity contribution in [2.24, 2.45) is 0 Å². The number of benzene rings is 1. The van der Waals surface area contributed by atoms with Crippen molar-refractivity contribution in [2.75, 3.05) is 27.3 Å². The lowest BCUT2D eigenvalue weighted by atomic mass is 10.1. The Labute approximate surface area is 124 Å². The molecule has 0 aliphatic heterocycles. The standard InChI is InChI=1S/C15H22N2O4/c1-4-9-16-14(18)15(19)17-10-13(21-3)11-7-5-6-8-12(11)20-2/h5-8,13H,4,9-10H2,1-3H3,(H,16,18)(H,17,19). The molecule has 1 aromatic carbocycles. The van der Waals surface area contributed by atoms with Crippen molar-refractivity contribution >= 4 is 11.8 Å². The van der Waals surface area contributed by atoms with Gasteiger partial charge in [0, 0.05) is 25.8 Å². The van der Waals surface area contributed by atoms with Gasteiger partial charge in [0.1, 0.15) is 11.9 Å². The summed E-state index contributed by atoms with van der Waals surface area (Å²) in [4.78, 5) is 23.1. The molecule has 0 radical (unpaired) electrons. The van der Waals surface area contributed by atoms with Crippen LogP contribution >= 0.6 is 0 Å². The third kappa shape index (κ3) is 5.07. The fourth-order valence-corrected chi connectivity index (χ4v) is 1.84. The number of rotatable bonds is 7. The highest BCUT2D eigenvalue weighted by molar-refractivity contribution is 6.35. The Hall–Kier alpha value is -2.08. The monoisotopic (exact) mass is 294 g/mol. The number of nitrogens with one attached hydrogen (secondary N) is 2. The van der Waals surface area contributed by atoms with Crippen LogP contribution in [-0.2, 0) is 14.3 Å². The zero-order valence-electron chi connectivity index (χ0n) is 12.6. The molecule has 2 N–H and O–H groups in total. The number of methoxy groups -OCH3 is 2. The molecule has 0 bridgehead atoms. The van der Waals surface area contributed by atoms with Crippen molar-refractivity contribution in [1.82, 2.24) is 10.6 Å².